The molecule has 0 bridgehead atoms. The van der Waals surface area contributed by atoms with Crippen LogP contribution in [-0.2, 0) is 9.53 Å². The summed E-state index contributed by atoms with van der Waals surface area (Å²) in [6, 6.07) is 10.4. The fourth-order valence-corrected chi connectivity index (χ4v) is 4.54. The van der Waals surface area contributed by atoms with Crippen molar-refractivity contribution in [3.63, 3.8) is 0 Å². The molecule has 162 valence electrons. The maximum Gasteiger partial charge on any atom is 0.341 e. The van der Waals surface area contributed by atoms with E-state index in [0.29, 0.717) is 42.3 Å². The number of carbonyl (C=O) groups excluding carboxylic acids is 2. The molecule has 1 fully saturated rings. The molecule has 1 N–H and O–H groups in total. The highest BCUT2D eigenvalue weighted by Crippen LogP contribution is 2.36. The predicted octanol–water partition coefficient (Wildman–Crippen LogP) is 6.26. The van der Waals surface area contributed by atoms with E-state index in [2.05, 4.69) is 15.3 Å². The summed E-state index contributed by atoms with van der Waals surface area (Å²) in [7, 11) is 0. The van der Waals surface area contributed by atoms with Crippen LogP contribution in [0.3, 0.4) is 0 Å². The zero-order valence-corrected chi connectivity index (χ0v) is 19.6. The van der Waals surface area contributed by atoms with Gasteiger partial charge in [-0.25, -0.2) is 9.79 Å². The average Bonchev–Trinajstić information content (AvgIpc) is 3.10. The first-order chi connectivity index (χ1) is 15.4. The van der Waals surface area contributed by atoms with Gasteiger partial charge in [0.15, 0.2) is 5.17 Å². The molecule has 1 saturated heterocycles. The summed E-state index contributed by atoms with van der Waals surface area (Å²) in [4.78, 5) is 33.6. The van der Waals surface area contributed by atoms with Crippen LogP contribution >= 0.6 is 46.6 Å². The smallest absolute Gasteiger partial charge is 0.341 e. The van der Waals surface area contributed by atoms with Crippen molar-refractivity contribution in [1.82, 2.24) is 10.3 Å². The molecule has 1 aliphatic heterocycles. The van der Waals surface area contributed by atoms with Crippen LogP contribution in [0, 0.1) is 0 Å². The molecule has 2 aromatic carbocycles. The van der Waals surface area contributed by atoms with Crippen molar-refractivity contribution in [3.05, 3.63) is 73.7 Å². The van der Waals surface area contributed by atoms with Gasteiger partial charge in [0.2, 0.25) is 0 Å². The number of hydrogen-bond acceptors (Lipinski definition) is 6. The van der Waals surface area contributed by atoms with Crippen molar-refractivity contribution in [2.75, 3.05) is 6.61 Å². The van der Waals surface area contributed by atoms with Crippen molar-refractivity contribution in [2.24, 2.45) is 4.99 Å². The van der Waals surface area contributed by atoms with Crippen LogP contribution < -0.4 is 5.32 Å². The molecule has 0 saturated carbocycles. The van der Waals surface area contributed by atoms with E-state index in [-0.39, 0.29) is 23.1 Å². The number of thioether (sulfide) groups is 1. The van der Waals surface area contributed by atoms with Crippen LogP contribution in [-0.4, -0.2) is 28.6 Å². The number of nitrogens with one attached hydrogen (secondary N) is 1. The number of pyridine rings is 1. The molecule has 1 aliphatic rings. The summed E-state index contributed by atoms with van der Waals surface area (Å²) >= 11 is 19.9. The fourth-order valence-electron chi connectivity index (χ4n) is 2.95. The summed E-state index contributed by atoms with van der Waals surface area (Å²) in [6.07, 6.45) is 3.09. The molecule has 32 heavy (non-hydrogen) atoms. The summed E-state index contributed by atoms with van der Waals surface area (Å²) in [6.45, 7) is 1.95. The van der Waals surface area contributed by atoms with Crippen molar-refractivity contribution < 1.29 is 14.3 Å². The summed E-state index contributed by atoms with van der Waals surface area (Å²) in [5, 5.41) is 4.65. The predicted molar refractivity (Wildman–Crippen MR) is 130 cm³/mol. The molecule has 0 spiro atoms. The van der Waals surface area contributed by atoms with Crippen LogP contribution in [0.25, 0.3) is 17.0 Å². The number of esters is 1. The number of ether oxygens (including phenoxy) is 1. The van der Waals surface area contributed by atoms with E-state index < -0.39 is 5.97 Å². The van der Waals surface area contributed by atoms with E-state index in [1.807, 2.05) is 0 Å². The van der Waals surface area contributed by atoms with Crippen molar-refractivity contribution in [1.29, 1.82) is 0 Å². The Balaban J connectivity index is 1.67. The van der Waals surface area contributed by atoms with E-state index in [9.17, 15) is 9.59 Å². The molecular formula is C22H14Cl3N3O3S. The van der Waals surface area contributed by atoms with Gasteiger partial charge >= 0.3 is 5.97 Å². The third kappa shape index (κ3) is 4.61. The number of para-hydroxylation sites is 1. The molecule has 0 unspecified atom stereocenters. The number of carbonyl (C=O) groups is 2. The van der Waals surface area contributed by atoms with Crippen LogP contribution in [0.2, 0.25) is 15.1 Å². The first-order valence-electron chi connectivity index (χ1n) is 9.36. The van der Waals surface area contributed by atoms with Gasteiger partial charge in [0, 0.05) is 11.6 Å². The Bertz CT molecular complexity index is 1300. The molecule has 1 amide bonds. The van der Waals surface area contributed by atoms with E-state index in [1.165, 1.54) is 6.20 Å². The molecule has 4 rings (SSSR count). The van der Waals surface area contributed by atoms with Crippen LogP contribution in [0.5, 0.6) is 0 Å². The zero-order chi connectivity index (χ0) is 22.8. The largest absolute Gasteiger partial charge is 0.462 e. The topological polar surface area (TPSA) is 80.7 Å². The fraction of sp³-hybridized carbons (Fsp3) is 0.0909. The molecule has 0 atom stereocenters. The van der Waals surface area contributed by atoms with E-state index in [4.69, 9.17) is 39.5 Å². The Hall–Kier alpha value is -2.58. The first-order valence-corrected chi connectivity index (χ1v) is 11.3. The molecule has 0 radical (unpaired) electrons. The summed E-state index contributed by atoms with van der Waals surface area (Å²) in [5.74, 6) is -0.845. The van der Waals surface area contributed by atoms with Crippen molar-refractivity contribution >= 4 is 86.3 Å². The molecule has 10 heteroatoms. The van der Waals surface area contributed by atoms with Crippen molar-refractivity contribution in [2.45, 2.75) is 6.92 Å². The van der Waals surface area contributed by atoms with Crippen LogP contribution in [0.15, 0.2) is 52.5 Å². The monoisotopic (exact) mass is 505 g/mol. The van der Waals surface area contributed by atoms with Gasteiger partial charge < -0.3 is 10.1 Å². The van der Waals surface area contributed by atoms with Crippen LogP contribution in [0.4, 0.5) is 5.69 Å². The molecule has 6 nitrogen and oxygen atoms in total. The number of amides is 1. The van der Waals surface area contributed by atoms with Gasteiger partial charge in [-0.15, -0.1) is 0 Å². The van der Waals surface area contributed by atoms with Crippen LogP contribution in [0.1, 0.15) is 22.8 Å². The second kappa shape index (κ2) is 9.50. The Labute approximate surface area is 202 Å². The molecule has 2 heterocycles. The quantitative estimate of drug-likeness (QED) is 0.333. The first kappa shape index (κ1) is 22.6. The summed E-state index contributed by atoms with van der Waals surface area (Å²) in [5.41, 5.74) is 1.89. The normalized spacial score (nSPS) is 16.1. The lowest BCUT2D eigenvalue weighted by Gasteiger charge is -2.07. The maximum absolute atomic E-state index is 12.4. The highest BCUT2D eigenvalue weighted by molar-refractivity contribution is 8.18. The highest BCUT2D eigenvalue weighted by atomic mass is 35.5. The maximum atomic E-state index is 12.4. The Kier molecular flexibility index (Phi) is 6.71. The number of aliphatic imine (C=N–C) groups is 1. The molecule has 1 aromatic heterocycles. The van der Waals surface area contributed by atoms with Gasteiger partial charge in [-0.3, -0.25) is 9.78 Å². The number of aromatic nitrogens is 1. The highest BCUT2D eigenvalue weighted by Gasteiger charge is 2.24. The SMILES string of the molecule is CCOC(=O)c1cnc2ccc(/C=C3\SC(=Nc4c(Cl)cccc4Cl)NC3=O)cc2c1Cl. The minimum atomic E-state index is -0.541. The number of rotatable bonds is 4. The number of halogens is 3. The number of amidine groups is 1. The second-order valence-corrected chi connectivity index (χ2v) is 8.76. The minimum Gasteiger partial charge on any atom is -0.462 e. The van der Waals surface area contributed by atoms with E-state index in [1.54, 1.807) is 49.4 Å². The lowest BCUT2D eigenvalue weighted by Crippen LogP contribution is -2.19. The van der Waals surface area contributed by atoms with Gasteiger partial charge in [0.1, 0.15) is 5.69 Å². The standard InChI is InChI=1S/C22H14Cl3N3O3S/c1-2-31-21(30)13-10-26-16-7-6-11(8-12(16)18(13)25)9-17-20(29)28-22(32-17)27-19-14(23)4-3-5-15(19)24/h3-10H,2H2,1H3,(H,27,28,29)/b17-9-. The molecule has 3 aromatic rings. The van der Waals surface area contributed by atoms with Gasteiger partial charge in [0.05, 0.1) is 37.7 Å². The lowest BCUT2D eigenvalue weighted by molar-refractivity contribution is -0.115. The molecule has 0 aliphatic carbocycles. The van der Waals surface area contributed by atoms with E-state index in [0.717, 1.165) is 11.8 Å². The minimum absolute atomic E-state index is 0.185. The third-order valence-electron chi connectivity index (χ3n) is 4.42. The number of fused-ring (bicyclic) bond motifs is 1. The molecular weight excluding hydrogens is 493 g/mol. The van der Waals surface area contributed by atoms with Crippen molar-refractivity contribution in [3.8, 4) is 0 Å². The summed E-state index contributed by atoms with van der Waals surface area (Å²) < 4.78 is 5.02. The van der Waals surface area contributed by atoms with Gasteiger partial charge in [0.25, 0.3) is 5.91 Å². The number of nitrogens with zero attached hydrogens (tertiary/aromatic N) is 2. The zero-order valence-electron chi connectivity index (χ0n) is 16.5. The number of hydrogen-bond donors (Lipinski definition) is 1. The van der Waals surface area contributed by atoms with Gasteiger partial charge in [-0.1, -0.05) is 46.9 Å². The Morgan fingerprint density at radius 3 is 2.69 bits per heavy atom. The Morgan fingerprint density at radius 1 is 1.22 bits per heavy atom. The van der Waals surface area contributed by atoms with E-state index >= 15 is 0 Å². The lowest BCUT2D eigenvalue weighted by atomic mass is 10.1. The van der Waals surface area contributed by atoms with Gasteiger partial charge in [-0.2, -0.15) is 0 Å². The average molecular weight is 507 g/mol. The Morgan fingerprint density at radius 2 is 1.97 bits per heavy atom. The van der Waals surface area contributed by atoms with Gasteiger partial charge in [-0.05, 0) is 54.6 Å². The second-order valence-electron chi connectivity index (χ2n) is 6.53. The third-order valence-corrected chi connectivity index (χ3v) is 6.35. The number of benzene rings is 2.